The summed E-state index contributed by atoms with van der Waals surface area (Å²) in [6.45, 7) is 3.88. The summed E-state index contributed by atoms with van der Waals surface area (Å²) in [6, 6.07) is 6.88. The zero-order valence-electron chi connectivity index (χ0n) is 22.3. The lowest BCUT2D eigenvalue weighted by atomic mass is 10.0. The molecule has 10 nitrogen and oxygen atoms in total. The minimum atomic E-state index is -0.572. The molecule has 11 heteroatoms. The number of aryl methyl sites for hydroxylation is 1. The highest BCUT2D eigenvalue weighted by atomic mass is 19.1. The Kier molecular flexibility index (Phi) is 7.31. The average Bonchev–Trinajstić information content (AvgIpc) is 3.64. The molecule has 5 heterocycles. The number of ether oxygens (including phenoxy) is 2. The van der Waals surface area contributed by atoms with Gasteiger partial charge in [-0.15, -0.1) is 0 Å². The SMILES string of the molecule is CN=C/C(=C\N)c1cc(F)c2oc3c(-c4ccc(N5CCOCC5)nc4)nc(=O)n(CCC4CCCO4)c3c2c1. The quantitative estimate of drug-likeness (QED) is 0.348. The van der Waals surface area contributed by atoms with Crippen LogP contribution < -0.4 is 16.3 Å². The van der Waals surface area contributed by atoms with Gasteiger partial charge in [0.1, 0.15) is 17.0 Å². The number of furan rings is 1. The van der Waals surface area contributed by atoms with Crippen LogP contribution in [0.3, 0.4) is 0 Å². The van der Waals surface area contributed by atoms with E-state index >= 15 is 4.39 Å². The standard InChI is InChI=1S/C29H31FN6O4/c1-32-16-20(15-31)19-13-22-26-28(40-27(22)23(30)14-19)25(34-29(37)36(26)7-6-21-3-2-10-39-21)18-4-5-24(33-17-18)35-8-11-38-12-9-35/h4-5,13-17,21H,2-3,6-12,31H2,1H3/b20-15+,32-16?. The van der Waals surface area contributed by atoms with Crippen molar-refractivity contribution in [2.75, 3.05) is 44.9 Å². The first-order valence-corrected chi connectivity index (χ1v) is 13.5. The lowest BCUT2D eigenvalue weighted by Gasteiger charge is -2.27. The lowest BCUT2D eigenvalue weighted by Crippen LogP contribution is -2.36. The van der Waals surface area contributed by atoms with Crippen molar-refractivity contribution < 1.29 is 18.3 Å². The Hall–Kier alpha value is -4.09. The first kappa shape index (κ1) is 26.1. The van der Waals surface area contributed by atoms with Crippen molar-refractivity contribution in [2.24, 2.45) is 10.7 Å². The Morgan fingerprint density at radius 1 is 1.23 bits per heavy atom. The predicted octanol–water partition coefficient (Wildman–Crippen LogP) is 3.75. The van der Waals surface area contributed by atoms with Crippen LogP contribution in [0.15, 0.2) is 50.9 Å². The molecule has 2 fully saturated rings. The van der Waals surface area contributed by atoms with Gasteiger partial charge in [-0.05, 0) is 49.1 Å². The van der Waals surface area contributed by atoms with Gasteiger partial charge in [0.2, 0.25) is 0 Å². The molecule has 2 saturated heterocycles. The Morgan fingerprint density at radius 3 is 2.77 bits per heavy atom. The van der Waals surface area contributed by atoms with Gasteiger partial charge in [-0.2, -0.15) is 4.98 Å². The number of nitrogens with two attached hydrogens (primary N) is 1. The second-order valence-electron chi connectivity index (χ2n) is 9.95. The van der Waals surface area contributed by atoms with Crippen LogP contribution in [-0.4, -0.2) is 66.8 Å². The minimum Gasteiger partial charge on any atom is -0.449 e. The molecule has 2 N–H and O–H groups in total. The molecular formula is C29H31FN6O4. The van der Waals surface area contributed by atoms with Crippen molar-refractivity contribution in [3.8, 4) is 11.3 Å². The Morgan fingerprint density at radius 2 is 2.08 bits per heavy atom. The average molecular weight is 547 g/mol. The van der Waals surface area contributed by atoms with Gasteiger partial charge >= 0.3 is 5.69 Å². The Balaban J connectivity index is 1.52. The molecule has 0 bridgehead atoms. The third-order valence-corrected chi connectivity index (χ3v) is 7.48. The number of aromatic nitrogens is 3. The maximum Gasteiger partial charge on any atom is 0.348 e. The van der Waals surface area contributed by atoms with Crippen LogP contribution in [0, 0.1) is 5.82 Å². The fourth-order valence-corrected chi connectivity index (χ4v) is 5.45. The molecule has 6 rings (SSSR count). The summed E-state index contributed by atoms with van der Waals surface area (Å²) in [7, 11) is 1.62. The van der Waals surface area contributed by atoms with Crippen LogP contribution in [0.2, 0.25) is 0 Å². The van der Waals surface area contributed by atoms with Gasteiger partial charge < -0.3 is 24.5 Å². The number of fused-ring (bicyclic) bond motifs is 3. The van der Waals surface area contributed by atoms with Crippen LogP contribution in [0.5, 0.6) is 0 Å². The molecule has 4 aromatic rings. The molecular weight excluding hydrogens is 515 g/mol. The number of morpholine rings is 1. The normalized spacial score (nSPS) is 18.5. The number of nitrogens with zero attached hydrogens (tertiary/aromatic N) is 5. The number of hydrogen-bond acceptors (Lipinski definition) is 9. The summed E-state index contributed by atoms with van der Waals surface area (Å²) in [5, 5.41) is 0.458. The maximum absolute atomic E-state index is 15.5. The second kappa shape index (κ2) is 11.2. The Labute approximate surface area is 229 Å². The van der Waals surface area contributed by atoms with Crippen LogP contribution in [-0.2, 0) is 16.0 Å². The summed E-state index contributed by atoms with van der Waals surface area (Å²) in [4.78, 5) is 28.7. The van der Waals surface area contributed by atoms with Crippen molar-refractivity contribution in [3.05, 3.63) is 58.5 Å². The third-order valence-electron chi connectivity index (χ3n) is 7.48. The highest BCUT2D eigenvalue weighted by molar-refractivity contribution is 6.13. The molecule has 0 aliphatic carbocycles. The van der Waals surface area contributed by atoms with E-state index in [9.17, 15) is 4.79 Å². The molecule has 208 valence electrons. The molecule has 2 aliphatic heterocycles. The van der Waals surface area contributed by atoms with Crippen LogP contribution in [0.25, 0.3) is 38.9 Å². The molecule has 2 aliphatic rings. The summed E-state index contributed by atoms with van der Waals surface area (Å²) < 4.78 is 34.4. The van der Waals surface area contributed by atoms with Gasteiger partial charge in [-0.1, -0.05) is 0 Å². The van der Waals surface area contributed by atoms with Crippen molar-refractivity contribution in [2.45, 2.75) is 31.9 Å². The number of anilines is 1. The van der Waals surface area contributed by atoms with Crippen molar-refractivity contribution >= 4 is 39.7 Å². The van der Waals surface area contributed by atoms with E-state index in [1.54, 1.807) is 30.1 Å². The van der Waals surface area contributed by atoms with E-state index in [0.29, 0.717) is 65.1 Å². The topological polar surface area (TPSA) is 121 Å². The highest BCUT2D eigenvalue weighted by Crippen LogP contribution is 2.37. The number of pyridine rings is 1. The maximum atomic E-state index is 15.5. The zero-order chi connectivity index (χ0) is 27.6. The van der Waals surface area contributed by atoms with Crippen LogP contribution in [0.1, 0.15) is 24.8 Å². The largest absolute Gasteiger partial charge is 0.449 e. The van der Waals surface area contributed by atoms with Gasteiger partial charge in [0, 0.05) is 68.4 Å². The number of allylic oxidation sites excluding steroid dienone is 1. The van der Waals surface area contributed by atoms with Crippen molar-refractivity contribution in [1.29, 1.82) is 0 Å². The van der Waals surface area contributed by atoms with Gasteiger partial charge in [-0.3, -0.25) is 9.56 Å². The first-order valence-electron chi connectivity index (χ1n) is 13.5. The molecule has 0 spiro atoms. The number of hydrogen-bond donors (Lipinski definition) is 1. The Bertz CT molecular complexity index is 1650. The second-order valence-corrected chi connectivity index (χ2v) is 9.95. The fraction of sp³-hybridized carbons (Fsp3) is 0.379. The van der Waals surface area contributed by atoms with E-state index in [-0.39, 0.29) is 11.7 Å². The molecule has 1 unspecified atom stereocenters. The van der Waals surface area contributed by atoms with E-state index in [4.69, 9.17) is 19.6 Å². The molecule has 3 aromatic heterocycles. The fourth-order valence-electron chi connectivity index (χ4n) is 5.45. The molecule has 40 heavy (non-hydrogen) atoms. The number of rotatable bonds is 7. The van der Waals surface area contributed by atoms with Crippen LogP contribution in [0.4, 0.5) is 10.2 Å². The summed E-state index contributed by atoms with van der Waals surface area (Å²) in [5.41, 5.74) is 8.19. The van der Waals surface area contributed by atoms with E-state index < -0.39 is 11.5 Å². The van der Waals surface area contributed by atoms with Gasteiger partial charge in [-0.25, -0.2) is 14.2 Å². The summed E-state index contributed by atoms with van der Waals surface area (Å²) in [5.74, 6) is 0.240. The summed E-state index contributed by atoms with van der Waals surface area (Å²) >= 11 is 0. The first-order chi connectivity index (χ1) is 19.6. The van der Waals surface area contributed by atoms with Crippen molar-refractivity contribution in [3.63, 3.8) is 0 Å². The smallest absolute Gasteiger partial charge is 0.348 e. The number of benzene rings is 1. The van der Waals surface area contributed by atoms with Gasteiger partial charge in [0.15, 0.2) is 17.0 Å². The zero-order valence-corrected chi connectivity index (χ0v) is 22.3. The molecule has 0 amide bonds. The monoisotopic (exact) mass is 546 g/mol. The molecule has 1 atom stereocenters. The molecule has 1 aromatic carbocycles. The lowest BCUT2D eigenvalue weighted by molar-refractivity contribution is 0.100. The van der Waals surface area contributed by atoms with E-state index in [2.05, 4.69) is 19.9 Å². The van der Waals surface area contributed by atoms with E-state index in [1.807, 2.05) is 12.1 Å². The number of halogens is 1. The highest BCUT2D eigenvalue weighted by Gasteiger charge is 2.24. The van der Waals surface area contributed by atoms with Gasteiger partial charge in [0.05, 0.1) is 19.3 Å². The van der Waals surface area contributed by atoms with Crippen LogP contribution >= 0.6 is 0 Å². The van der Waals surface area contributed by atoms with Crippen molar-refractivity contribution in [1.82, 2.24) is 14.5 Å². The predicted molar refractivity (Wildman–Crippen MR) is 152 cm³/mol. The molecule has 0 saturated carbocycles. The number of aliphatic imine (C=N–C) groups is 1. The van der Waals surface area contributed by atoms with E-state index in [0.717, 1.165) is 38.4 Å². The minimum absolute atomic E-state index is 0.0426. The third kappa shape index (κ3) is 4.86. The summed E-state index contributed by atoms with van der Waals surface area (Å²) in [6.07, 6.45) is 7.24. The molecule has 0 radical (unpaired) electrons. The van der Waals surface area contributed by atoms with Gasteiger partial charge in [0.25, 0.3) is 0 Å². The van der Waals surface area contributed by atoms with E-state index in [1.165, 1.54) is 12.3 Å².